The number of rotatable bonds is 8. The van der Waals surface area contributed by atoms with Gasteiger partial charge in [0.2, 0.25) is 0 Å². The monoisotopic (exact) mass is 370 g/mol. The van der Waals surface area contributed by atoms with E-state index in [0.717, 1.165) is 18.7 Å². The summed E-state index contributed by atoms with van der Waals surface area (Å²) >= 11 is 12.1. The highest BCUT2D eigenvalue weighted by Gasteiger charge is 2.10. The first-order chi connectivity index (χ1) is 11.5. The van der Waals surface area contributed by atoms with Gasteiger partial charge in [0.15, 0.2) is 0 Å². The minimum Gasteiger partial charge on any atom is -0.488 e. The van der Waals surface area contributed by atoms with Gasteiger partial charge in [-0.1, -0.05) is 29.3 Å². The summed E-state index contributed by atoms with van der Waals surface area (Å²) in [6, 6.07) is 9.99. The lowest BCUT2D eigenvalue weighted by Crippen LogP contribution is -2.26. The Morgan fingerprint density at radius 2 is 1.96 bits per heavy atom. The average molecular weight is 371 g/mol. The first kappa shape index (κ1) is 19.0. The van der Waals surface area contributed by atoms with Crippen LogP contribution in [0.3, 0.4) is 0 Å². The molecule has 3 nitrogen and oxygen atoms in total. The Balaban J connectivity index is 2.04. The number of nitrogens with zero attached hydrogens (tertiary/aromatic N) is 1. The summed E-state index contributed by atoms with van der Waals surface area (Å²) in [5.41, 5.74) is 1.27. The van der Waals surface area contributed by atoms with Crippen LogP contribution in [0.4, 0.5) is 4.39 Å². The molecule has 0 aromatic heterocycles. The zero-order valence-corrected chi connectivity index (χ0v) is 15.3. The fourth-order valence-electron chi connectivity index (χ4n) is 2.17. The molecule has 0 aliphatic heterocycles. The van der Waals surface area contributed by atoms with E-state index in [-0.39, 0.29) is 12.4 Å². The van der Waals surface area contributed by atoms with E-state index in [4.69, 9.17) is 27.9 Å². The van der Waals surface area contributed by atoms with Crippen LogP contribution < -0.4 is 10.1 Å². The summed E-state index contributed by atoms with van der Waals surface area (Å²) in [6.07, 6.45) is 0. The minimum atomic E-state index is -0.373. The van der Waals surface area contributed by atoms with E-state index >= 15 is 0 Å². The van der Waals surface area contributed by atoms with Crippen molar-refractivity contribution in [1.29, 1.82) is 0 Å². The Morgan fingerprint density at radius 1 is 1.17 bits per heavy atom. The molecule has 0 unspecified atom stereocenters. The second kappa shape index (κ2) is 9.23. The standard InChI is InChI=1S/C18H21Cl2FN2O/c1-23(2)9-8-22-11-13-10-14(19)6-7-18(13)24-12-15-16(20)4-3-5-17(15)21/h3-7,10,22H,8-9,11-12H2,1-2H3. The molecule has 6 heteroatoms. The number of hydrogen-bond acceptors (Lipinski definition) is 3. The van der Waals surface area contributed by atoms with Crippen molar-refractivity contribution >= 4 is 23.2 Å². The van der Waals surface area contributed by atoms with Gasteiger partial charge in [-0.05, 0) is 44.4 Å². The highest BCUT2D eigenvalue weighted by molar-refractivity contribution is 6.31. The maximum absolute atomic E-state index is 13.8. The molecule has 1 N–H and O–H groups in total. The maximum Gasteiger partial charge on any atom is 0.131 e. The van der Waals surface area contributed by atoms with Gasteiger partial charge in [0.25, 0.3) is 0 Å². The van der Waals surface area contributed by atoms with Crippen LogP contribution in [0.2, 0.25) is 10.0 Å². The second-order valence-corrected chi connectivity index (χ2v) is 6.56. The largest absolute Gasteiger partial charge is 0.488 e. The smallest absolute Gasteiger partial charge is 0.131 e. The fourth-order valence-corrected chi connectivity index (χ4v) is 2.59. The molecule has 0 saturated carbocycles. The highest BCUT2D eigenvalue weighted by atomic mass is 35.5. The molecule has 0 spiro atoms. The molecule has 0 aliphatic rings. The quantitative estimate of drug-likeness (QED) is 0.698. The van der Waals surface area contributed by atoms with Crippen LogP contribution in [0.25, 0.3) is 0 Å². The van der Waals surface area contributed by atoms with Gasteiger partial charge in [0.1, 0.15) is 18.2 Å². The molecule has 0 amide bonds. The molecule has 0 aliphatic carbocycles. The molecule has 2 aromatic carbocycles. The van der Waals surface area contributed by atoms with Crippen LogP contribution >= 0.6 is 23.2 Å². The van der Waals surface area contributed by atoms with Crippen molar-refractivity contribution in [1.82, 2.24) is 10.2 Å². The first-order valence-corrected chi connectivity index (χ1v) is 8.42. The lowest BCUT2D eigenvalue weighted by molar-refractivity contribution is 0.296. The summed E-state index contributed by atoms with van der Waals surface area (Å²) in [5, 5.41) is 4.33. The Kier molecular flexibility index (Phi) is 7.31. The Bertz CT molecular complexity index is 660. The van der Waals surface area contributed by atoms with E-state index in [1.54, 1.807) is 24.3 Å². The third kappa shape index (κ3) is 5.64. The van der Waals surface area contributed by atoms with Crippen molar-refractivity contribution in [2.75, 3.05) is 27.2 Å². The summed E-state index contributed by atoms with van der Waals surface area (Å²) in [7, 11) is 4.04. The Hall–Kier alpha value is -1.33. The van der Waals surface area contributed by atoms with Gasteiger partial charge in [0, 0.05) is 35.8 Å². The van der Waals surface area contributed by atoms with Gasteiger partial charge in [-0.25, -0.2) is 4.39 Å². The number of halogens is 3. The van der Waals surface area contributed by atoms with Crippen molar-refractivity contribution in [3.05, 3.63) is 63.4 Å². The molecule has 0 atom stereocenters. The number of nitrogens with one attached hydrogen (secondary N) is 1. The van der Waals surface area contributed by atoms with E-state index in [1.807, 2.05) is 20.2 Å². The fraction of sp³-hybridized carbons (Fsp3) is 0.333. The topological polar surface area (TPSA) is 24.5 Å². The molecule has 0 fully saturated rings. The van der Waals surface area contributed by atoms with E-state index in [1.165, 1.54) is 6.07 Å². The van der Waals surface area contributed by atoms with Crippen molar-refractivity contribution < 1.29 is 9.13 Å². The number of benzene rings is 2. The molecular formula is C18H21Cl2FN2O. The SMILES string of the molecule is CN(C)CCNCc1cc(Cl)ccc1OCc1c(F)cccc1Cl. The second-order valence-electron chi connectivity index (χ2n) is 5.72. The van der Waals surface area contributed by atoms with Gasteiger partial charge in [-0.15, -0.1) is 0 Å². The predicted molar refractivity (Wildman–Crippen MR) is 97.5 cm³/mol. The zero-order valence-electron chi connectivity index (χ0n) is 13.8. The van der Waals surface area contributed by atoms with E-state index in [2.05, 4.69) is 10.2 Å². The van der Waals surface area contributed by atoms with Crippen molar-refractivity contribution in [2.45, 2.75) is 13.2 Å². The van der Waals surface area contributed by atoms with Gasteiger partial charge >= 0.3 is 0 Å². The molecule has 24 heavy (non-hydrogen) atoms. The molecule has 0 heterocycles. The highest BCUT2D eigenvalue weighted by Crippen LogP contribution is 2.26. The number of hydrogen-bond donors (Lipinski definition) is 1. The molecule has 0 radical (unpaired) electrons. The van der Waals surface area contributed by atoms with Gasteiger partial charge in [-0.3, -0.25) is 0 Å². The number of ether oxygens (including phenoxy) is 1. The normalized spacial score (nSPS) is 11.1. The van der Waals surface area contributed by atoms with Gasteiger partial charge in [0.05, 0.1) is 5.02 Å². The summed E-state index contributed by atoms with van der Waals surface area (Å²) in [4.78, 5) is 2.10. The third-order valence-electron chi connectivity index (χ3n) is 3.51. The van der Waals surface area contributed by atoms with Crippen LogP contribution in [0.5, 0.6) is 5.75 Å². The van der Waals surface area contributed by atoms with E-state index in [0.29, 0.717) is 27.9 Å². The van der Waals surface area contributed by atoms with Crippen molar-refractivity contribution in [3.63, 3.8) is 0 Å². The zero-order chi connectivity index (χ0) is 17.5. The molecule has 2 aromatic rings. The van der Waals surface area contributed by atoms with E-state index < -0.39 is 0 Å². The molecule has 130 valence electrons. The molecule has 0 saturated heterocycles. The van der Waals surface area contributed by atoms with Crippen LogP contribution in [0.15, 0.2) is 36.4 Å². The van der Waals surface area contributed by atoms with Crippen LogP contribution in [0, 0.1) is 5.82 Å². The number of likely N-dealkylation sites (N-methyl/N-ethyl adjacent to an activating group) is 1. The van der Waals surface area contributed by atoms with Crippen LogP contribution in [0.1, 0.15) is 11.1 Å². The molecule has 0 bridgehead atoms. The van der Waals surface area contributed by atoms with E-state index in [9.17, 15) is 4.39 Å². The Morgan fingerprint density at radius 3 is 2.67 bits per heavy atom. The maximum atomic E-state index is 13.8. The summed E-state index contributed by atoms with van der Waals surface area (Å²) < 4.78 is 19.6. The van der Waals surface area contributed by atoms with Crippen LogP contribution in [-0.2, 0) is 13.2 Å². The first-order valence-electron chi connectivity index (χ1n) is 7.67. The lowest BCUT2D eigenvalue weighted by atomic mass is 10.2. The lowest BCUT2D eigenvalue weighted by Gasteiger charge is -2.15. The third-order valence-corrected chi connectivity index (χ3v) is 4.10. The Labute approximate surface area is 152 Å². The van der Waals surface area contributed by atoms with Crippen molar-refractivity contribution in [2.24, 2.45) is 0 Å². The molecular weight excluding hydrogens is 350 g/mol. The molecule has 2 rings (SSSR count). The van der Waals surface area contributed by atoms with Gasteiger partial charge in [-0.2, -0.15) is 0 Å². The summed E-state index contributed by atoms with van der Waals surface area (Å²) in [5.74, 6) is 0.290. The van der Waals surface area contributed by atoms with Crippen molar-refractivity contribution in [3.8, 4) is 5.75 Å². The van der Waals surface area contributed by atoms with Crippen LogP contribution in [-0.4, -0.2) is 32.1 Å². The van der Waals surface area contributed by atoms with Gasteiger partial charge < -0.3 is 15.0 Å². The predicted octanol–water partition coefficient (Wildman–Crippen LogP) is 4.36. The minimum absolute atomic E-state index is 0.0673. The average Bonchev–Trinajstić information content (AvgIpc) is 2.52. The summed E-state index contributed by atoms with van der Waals surface area (Å²) in [6.45, 7) is 2.46.